The molecule has 1 aromatic carbocycles. The molecule has 35 heavy (non-hydrogen) atoms. The molecule has 178 valence electrons. The number of anilines is 2. The van der Waals surface area contributed by atoms with Gasteiger partial charge in [-0.1, -0.05) is 0 Å². The van der Waals surface area contributed by atoms with Gasteiger partial charge < -0.3 is 21.5 Å². The summed E-state index contributed by atoms with van der Waals surface area (Å²) in [5.41, 5.74) is 10.5. The number of amides is 1. The van der Waals surface area contributed by atoms with E-state index in [1.807, 2.05) is 45.2 Å². The number of nitrogens with zero attached hydrogens (tertiary/aromatic N) is 6. The molecule has 1 amide bonds. The van der Waals surface area contributed by atoms with Crippen molar-refractivity contribution in [3.8, 4) is 17.3 Å². The maximum absolute atomic E-state index is 12.6. The molecule has 0 saturated carbocycles. The van der Waals surface area contributed by atoms with Crippen LogP contribution in [0.3, 0.4) is 0 Å². The number of hydrogen-bond donors (Lipinski definition) is 4. The highest BCUT2D eigenvalue weighted by Gasteiger charge is 2.20. The van der Waals surface area contributed by atoms with Crippen molar-refractivity contribution < 1.29 is 9.90 Å². The molecule has 11 nitrogen and oxygen atoms in total. The van der Waals surface area contributed by atoms with Crippen molar-refractivity contribution in [3.05, 3.63) is 64.9 Å². The van der Waals surface area contributed by atoms with Gasteiger partial charge in [0.15, 0.2) is 5.82 Å². The summed E-state index contributed by atoms with van der Waals surface area (Å²) in [6, 6.07) is 9.04. The zero-order valence-corrected chi connectivity index (χ0v) is 19.6. The Morgan fingerprint density at radius 3 is 2.83 bits per heavy atom. The number of nitrogens with one attached hydrogen (secondary N) is 2. The molecule has 0 aliphatic heterocycles. The Morgan fingerprint density at radius 1 is 1.29 bits per heavy atom. The maximum Gasteiger partial charge on any atom is 0.251 e. The molecule has 4 aromatic rings. The van der Waals surface area contributed by atoms with Crippen LogP contribution >= 0.6 is 0 Å². The molecular weight excluding hydrogens is 446 g/mol. The third-order valence-electron chi connectivity index (χ3n) is 5.47. The predicted octanol–water partition coefficient (Wildman–Crippen LogP) is 2.15. The van der Waals surface area contributed by atoms with Crippen LogP contribution in [0.15, 0.2) is 36.8 Å². The van der Waals surface area contributed by atoms with Crippen LogP contribution in [0.5, 0.6) is 0 Å². The van der Waals surface area contributed by atoms with Crippen LogP contribution in [0, 0.1) is 25.2 Å². The van der Waals surface area contributed by atoms with E-state index in [4.69, 9.17) is 15.8 Å². The van der Waals surface area contributed by atoms with Gasteiger partial charge in [0.25, 0.3) is 5.91 Å². The number of nitriles is 1. The Balaban J connectivity index is 1.80. The van der Waals surface area contributed by atoms with E-state index >= 15 is 0 Å². The van der Waals surface area contributed by atoms with Gasteiger partial charge in [-0.15, -0.1) is 0 Å². The minimum absolute atomic E-state index is 0.0852. The standard InChI is InChI=1S/C24H25N9O2/c1-13-8-16(10-17(9-13)24(35)27-5-7-34)19-20-14(2)4-6-33(20)32-22(31-19)15(3)30-23-18(11-25)21(26)28-12-29-23/h4,6,8-10,12,15,34H,5,7H2,1-3H3,(H,27,35)(H3,26,28,29,30)/t15-/m0/s1. The molecule has 0 radical (unpaired) electrons. The molecule has 0 unspecified atom stereocenters. The average molecular weight is 472 g/mol. The third kappa shape index (κ3) is 4.73. The number of aliphatic hydroxyl groups is 1. The van der Waals surface area contributed by atoms with Crippen LogP contribution in [-0.4, -0.2) is 48.7 Å². The van der Waals surface area contributed by atoms with Gasteiger partial charge >= 0.3 is 0 Å². The summed E-state index contributed by atoms with van der Waals surface area (Å²) < 4.78 is 1.75. The quantitative estimate of drug-likeness (QED) is 0.316. The second kappa shape index (κ2) is 9.74. The first-order valence-electron chi connectivity index (χ1n) is 11.0. The summed E-state index contributed by atoms with van der Waals surface area (Å²) in [7, 11) is 0. The molecule has 4 rings (SSSR count). The largest absolute Gasteiger partial charge is 0.395 e. The van der Waals surface area contributed by atoms with Gasteiger partial charge in [0.05, 0.1) is 23.9 Å². The summed E-state index contributed by atoms with van der Waals surface area (Å²) in [6.07, 6.45) is 3.13. The summed E-state index contributed by atoms with van der Waals surface area (Å²) in [6.45, 7) is 5.76. The van der Waals surface area contributed by atoms with Crippen LogP contribution < -0.4 is 16.4 Å². The van der Waals surface area contributed by atoms with Crippen LogP contribution in [-0.2, 0) is 0 Å². The fourth-order valence-electron chi connectivity index (χ4n) is 3.79. The van der Waals surface area contributed by atoms with Gasteiger partial charge in [0, 0.05) is 23.9 Å². The lowest BCUT2D eigenvalue weighted by Gasteiger charge is -2.17. The maximum atomic E-state index is 12.6. The number of rotatable bonds is 7. The number of aromatic nitrogens is 5. The zero-order chi connectivity index (χ0) is 25.1. The lowest BCUT2D eigenvalue weighted by molar-refractivity contribution is 0.0944. The van der Waals surface area contributed by atoms with Crippen LogP contribution in [0.2, 0.25) is 0 Å². The number of hydrogen-bond acceptors (Lipinski definition) is 9. The van der Waals surface area contributed by atoms with E-state index in [0.29, 0.717) is 22.9 Å². The van der Waals surface area contributed by atoms with Gasteiger partial charge in [-0.2, -0.15) is 10.4 Å². The van der Waals surface area contributed by atoms with Crippen molar-refractivity contribution >= 4 is 23.1 Å². The van der Waals surface area contributed by atoms with Gasteiger partial charge in [-0.05, 0) is 56.2 Å². The average Bonchev–Trinajstić information content (AvgIpc) is 3.22. The Hall–Kier alpha value is -4.56. The number of benzene rings is 1. The molecule has 5 N–H and O–H groups in total. The van der Waals surface area contributed by atoms with Crippen molar-refractivity contribution in [3.63, 3.8) is 0 Å². The van der Waals surface area contributed by atoms with Gasteiger partial charge in [-0.25, -0.2) is 19.5 Å². The first-order chi connectivity index (χ1) is 16.8. The zero-order valence-electron chi connectivity index (χ0n) is 19.6. The molecule has 11 heteroatoms. The monoisotopic (exact) mass is 471 g/mol. The molecule has 1 atom stereocenters. The van der Waals surface area contributed by atoms with E-state index in [0.717, 1.165) is 22.2 Å². The molecule has 0 aliphatic carbocycles. The van der Waals surface area contributed by atoms with Crippen molar-refractivity contribution in [2.75, 3.05) is 24.2 Å². The smallest absolute Gasteiger partial charge is 0.251 e. The predicted molar refractivity (Wildman–Crippen MR) is 131 cm³/mol. The fourth-order valence-corrected chi connectivity index (χ4v) is 3.79. The number of carbonyl (C=O) groups excluding carboxylic acids is 1. The van der Waals surface area contributed by atoms with Crippen LogP contribution in [0.4, 0.5) is 11.6 Å². The minimum atomic E-state index is -0.431. The Morgan fingerprint density at radius 2 is 2.09 bits per heavy atom. The third-order valence-corrected chi connectivity index (χ3v) is 5.47. The molecule has 0 bridgehead atoms. The number of carbonyl (C=O) groups is 1. The van der Waals surface area contributed by atoms with Crippen molar-refractivity contribution in [1.29, 1.82) is 5.26 Å². The van der Waals surface area contributed by atoms with Crippen LogP contribution in [0.25, 0.3) is 16.8 Å². The molecule has 0 fully saturated rings. The Labute approximate surface area is 201 Å². The topological polar surface area (TPSA) is 167 Å². The molecule has 3 heterocycles. The lowest BCUT2D eigenvalue weighted by Crippen LogP contribution is -2.26. The van der Waals surface area contributed by atoms with Crippen molar-refractivity contribution in [2.24, 2.45) is 0 Å². The molecule has 3 aromatic heterocycles. The molecule has 0 aliphatic rings. The number of aliphatic hydroxyl groups excluding tert-OH is 1. The van der Waals surface area contributed by atoms with E-state index in [1.165, 1.54) is 6.33 Å². The number of nitrogen functional groups attached to an aromatic ring is 1. The highest BCUT2D eigenvalue weighted by atomic mass is 16.3. The van der Waals surface area contributed by atoms with E-state index in [-0.39, 0.29) is 30.4 Å². The molecule has 0 saturated heterocycles. The first-order valence-corrected chi connectivity index (χ1v) is 11.0. The Bertz CT molecular complexity index is 1460. The van der Waals surface area contributed by atoms with Crippen molar-refractivity contribution in [2.45, 2.75) is 26.8 Å². The lowest BCUT2D eigenvalue weighted by atomic mass is 10.0. The molecule has 0 spiro atoms. The van der Waals surface area contributed by atoms with Crippen molar-refractivity contribution in [1.82, 2.24) is 29.9 Å². The minimum Gasteiger partial charge on any atom is -0.395 e. The summed E-state index contributed by atoms with van der Waals surface area (Å²) >= 11 is 0. The number of fused-ring (bicyclic) bond motifs is 1. The van der Waals surface area contributed by atoms with Gasteiger partial charge in [-0.3, -0.25) is 4.79 Å². The highest BCUT2D eigenvalue weighted by molar-refractivity contribution is 5.96. The summed E-state index contributed by atoms with van der Waals surface area (Å²) in [5.74, 6) is 0.556. The Kier molecular flexibility index (Phi) is 6.57. The van der Waals surface area contributed by atoms with Gasteiger partial charge in [0.2, 0.25) is 0 Å². The SMILES string of the molecule is Cc1cc(C(=O)NCCO)cc(-c2nc([C@H](C)Nc3ncnc(N)c3C#N)nn3ccc(C)c23)c1. The second-order valence-electron chi connectivity index (χ2n) is 8.14. The first kappa shape index (κ1) is 23.6. The molecular formula is C24H25N9O2. The van der Waals surface area contributed by atoms with E-state index < -0.39 is 6.04 Å². The number of aryl methyl sites for hydroxylation is 2. The second-order valence-corrected chi connectivity index (χ2v) is 8.14. The van der Waals surface area contributed by atoms with Crippen LogP contribution in [0.1, 0.15) is 45.8 Å². The summed E-state index contributed by atoms with van der Waals surface area (Å²) in [5, 5.41) is 29.0. The van der Waals surface area contributed by atoms with E-state index in [2.05, 4.69) is 25.7 Å². The normalized spacial score (nSPS) is 11.7. The highest BCUT2D eigenvalue weighted by Crippen LogP contribution is 2.29. The van der Waals surface area contributed by atoms with E-state index in [1.54, 1.807) is 16.6 Å². The van der Waals surface area contributed by atoms with E-state index in [9.17, 15) is 10.1 Å². The van der Waals surface area contributed by atoms with Gasteiger partial charge in [0.1, 0.15) is 29.6 Å². The fraction of sp³-hybridized carbons (Fsp3) is 0.250. The number of nitrogens with two attached hydrogens (primary N) is 1. The summed E-state index contributed by atoms with van der Waals surface area (Å²) in [4.78, 5) is 25.4.